The summed E-state index contributed by atoms with van der Waals surface area (Å²) in [6, 6.07) is 8.58. The van der Waals surface area contributed by atoms with Crippen molar-refractivity contribution in [3.8, 4) is 16.2 Å². The van der Waals surface area contributed by atoms with E-state index in [4.69, 9.17) is 10.5 Å². The van der Waals surface area contributed by atoms with E-state index in [0.29, 0.717) is 12.4 Å². The Balaban J connectivity index is 1.52. The van der Waals surface area contributed by atoms with E-state index in [-0.39, 0.29) is 11.8 Å². The fourth-order valence-corrected chi connectivity index (χ4v) is 5.94. The van der Waals surface area contributed by atoms with Crippen molar-refractivity contribution in [1.29, 1.82) is 0 Å². The highest BCUT2D eigenvalue weighted by atomic mass is 32.1. The van der Waals surface area contributed by atoms with E-state index in [1.165, 1.54) is 6.33 Å². The van der Waals surface area contributed by atoms with Gasteiger partial charge in [0.1, 0.15) is 17.6 Å². The van der Waals surface area contributed by atoms with Crippen LogP contribution in [0.5, 0.6) is 5.75 Å². The van der Waals surface area contributed by atoms with Gasteiger partial charge in [-0.05, 0) is 56.6 Å². The standard InChI is InChI=1S/C26H30N6O2S/c1-16-10-18-12-22(35-25(18)21(11-16)34-4)19-13-20(32-24(19)26(27)28-15-29-32)17-7-9-31(14-17)23(33)6-5-8-30(2)3/h5-6,10-13,15,17H,7-9,14H2,1-4H3,(H2,27,28,29)/b6-5+/t17-/m0/s1. The van der Waals surface area contributed by atoms with Gasteiger partial charge in [-0.15, -0.1) is 11.3 Å². The molecule has 9 heteroatoms. The van der Waals surface area contributed by atoms with Gasteiger partial charge in [0.05, 0.1) is 11.8 Å². The minimum atomic E-state index is 0.0524. The number of aromatic nitrogens is 3. The molecule has 1 aliphatic heterocycles. The Morgan fingerprint density at radius 3 is 2.91 bits per heavy atom. The Morgan fingerprint density at radius 1 is 1.31 bits per heavy atom. The average Bonchev–Trinajstić information content (AvgIpc) is 3.54. The third-order valence-electron chi connectivity index (χ3n) is 6.47. The van der Waals surface area contributed by atoms with E-state index < -0.39 is 0 Å². The molecule has 1 aromatic carbocycles. The van der Waals surface area contributed by atoms with Crippen molar-refractivity contribution >= 4 is 38.7 Å². The first-order valence-electron chi connectivity index (χ1n) is 11.7. The van der Waals surface area contributed by atoms with Crippen molar-refractivity contribution in [2.24, 2.45) is 0 Å². The van der Waals surface area contributed by atoms with Crippen LogP contribution < -0.4 is 10.5 Å². The van der Waals surface area contributed by atoms with Crippen LogP contribution in [0.4, 0.5) is 5.82 Å². The van der Waals surface area contributed by atoms with Crippen molar-refractivity contribution in [2.75, 3.05) is 46.6 Å². The molecule has 1 fully saturated rings. The number of nitrogens with zero attached hydrogens (tertiary/aromatic N) is 5. The number of rotatable bonds is 6. The Bertz CT molecular complexity index is 1440. The number of likely N-dealkylation sites (N-methyl/N-ethyl adjacent to an activating group) is 1. The summed E-state index contributed by atoms with van der Waals surface area (Å²) in [7, 11) is 5.67. The zero-order valence-corrected chi connectivity index (χ0v) is 21.3. The molecule has 1 atom stereocenters. The highest BCUT2D eigenvalue weighted by Gasteiger charge is 2.30. The summed E-state index contributed by atoms with van der Waals surface area (Å²) < 4.78 is 8.65. The van der Waals surface area contributed by atoms with Crippen LogP contribution in [0, 0.1) is 6.92 Å². The predicted molar refractivity (Wildman–Crippen MR) is 141 cm³/mol. The van der Waals surface area contributed by atoms with Gasteiger partial charge in [-0.1, -0.05) is 12.1 Å². The molecule has 2 N–H and O–H groups in total. The van der Waals surface area contributed by atoms with Crippen LogP contribution in [0.2, 0.25) is 0 Å². The Hall–Kier alpha value is -3.43. The van der Waals surface area contributed by atoms with Crippen LogP contribution in [0.3, 0.4) is 0 Å². The summed E-state index contributed by atoms with van der Waals surface area (Å²) in [5.74, 6) is 1.54. The number of amides is 1. The van der Waals surface area contributed by atoms with Crippen molar-refractivity contribution in [2.45, 2.75) is 19.3 Å². The van der Waals surface area contributed by atoms with Gasteiger partial charge in [0.15, 0.2) is 5.82 Å². The number of thiophene rings is 1. The van der Waals surface area contributed by atoms with E-state index >= 15 is 0 Å². The second kappa shape index (κ2) is 9.31. The Kier molecular flexibility index (Phi) is 6.21. The van der Waals surface area contributed by atoms with Crippen molar-refractivity contribution in [3.05, 3.63) is 54.0 Å². The Morgan fingerprint density at radius 2 is 2.14 bits per heavy atom. The summed E-state index contributed by atoms with van der Waals surface area (Å²) in [6.45, 7) is 4.18. The molecule has 35 heavy (non-hydrogen) atoms. The second-order valence-electron chi connectivity index (χ2n) is 9.32. The molecule has 0 bridgehead atoms. The van der Waals surface area contributed by atoms with Crippen LogP contribution in [0.15, 0.2) is 42.7 Å². The maximum atomic E-state index is 12.7. The number of carbonyl (C=O) groups excluding carboxylic acids is 1. The van der Waals surface area contributed by atoms with Crippen LogP contribution in [-0.2, 0) is 4.79 Å². The number of nitrogens with two attached hydrogens (primary N) is 1. The maximum absolute atomic E-state index is 12.7. The first-order valence-corrected chi connectivity index (χ1v) is 12.5. The summed E-state index contributed by atoms with van der Waals surface area (Å²) in [4.78, 5) is 22.0. The molecular formula is C26H30N6O2S. The fraction of sp³-hybridized carbons (Fsp3) is 0.346. The quantitative estimate of drug-likeness (QED) is 0.412. The summed E-state index contributed by atoms with van der Waals surface area (Å²) in [5.41, 5.74) is 10.4. The highest BCUT2D eigenvalue weighted by molar-refractivity contribution is 7.22. The van der Waals surface area contributed by atoms with E-state index in [9.17, 15) is 4.79 Å². The van der Waals surface area contributed by atoms with Crippen LogP contribution in [-0.4, -0.2) is 71.1 Å². The van der Waals surface area contributed by atoms with Crippen molar-refractivity contribution in [1.82, 2.24) is 24.4 Å². The molecule has 0 aliphatic carbocycles. The number of fused-ring (bicyclic) bond motifs is 2. The third-order valence-corrected chi connectivity index (χ3v) is 7.67. The lowest BCUT2D eigenvalue weighted by Gasteiger charge is -2.14. The molecule has 4 aromatic rings. The summed E-state index contributed by atoms with van der Waals surface area (Å²) in [6.07, 6.45) is 5.96. The van der Waals surface area contributed by atoms with Gasteiger partial charge in [0.2, 0.25) is 5.91 Å². The van der Waals surface area contributed by atoms with Gasteiger partial charge in [-0.25, -0.2) is 9.50 Å². The molecule has 1 aliphatic rings. The number of methoxy groups -OCH3 is 1. The molecule has 0 unspecified atom stereocenters. The molecule has 8 nitrogen and oxygen atoms in total. The number of ether oxygens (including phenoxy) is 1. The van der Waals surface area contributed by atoms with Crippen molar-refractivity contribution < 1.29 is 9.53 Å². The lowest BCUT2D eigenvalue weighted by Crippen LogP contribution is -2.27. The van der Waals surface area contributed by atoms with E-state index in [0.717, 1.165) is 62.6 Å². The SMILES string of the molecule is COc1cc(C)cc2cc(-c3cc([C@H]4CCN(C(=O)/C=C/CN(C)C)C4)n4ncnc(N)c34)sc12. The molecule has 4 heterocycles. The van der Waals surface area contributed by atoms with Gasteiger partial charge in [0, 0.05) is 47.8 Å². The molecule has 0 saturated carbocycles. The number of carbonyl (C=O) groups is 1. The Labute approximate surface area is 208 Å². The average molecular weight is 491 g/mol. The van der Waals surface area contributed by atoms with Crippen LogP contribution >= 0.6 is 11.3 Å². The van der Waals surface area contributed by atoms with Gasteiger partial charge in [-0.3, -0.25) is 4.79 Å². The molecule has 1 amide bonds. The lowest BCUT2D eigenvalue weighted by atomic mass is 10.0. The smallest absolute Gasteiger partial charge is 0.246 e. The van der Waals surface area contributed by atoms with Crippen LogP contribution in [0.1, 0.15) is 23.6 Å². The third kappa shape index (κ3) is 4.37. The number of likely N-dealkylation sites (tertiary alicyclic amines) is 1. The fourth-order valence-electron chi connectivity index (χ4n) is 4.79. The molecule has 3 aromatic heterocycles. The molecule has 5 rings (SSSR count). The van der Waals surface area contributed by atoms with Crippen molar-refractivity contribution in [3.63, 3.8) is 0 Å². The predicted octanol–water partition coefficient (Wildman–Crippen LogP) is 3.94. The molecule has 0 radical (unpaired) electrons. The zero-order valence-electron chi connectivity index (χ0n) is 20.5. The van der Waals surface area contributed by atoms with E-state index in [1.54, 1.807) is 24.5 Å². The monoisotopic (exact) mass is 490 g/mol. The molecule has 0 spiro atoms. The van der Waals surface area contributed by atoms with Gasteiger partial charge >= 0.3 is 0 Å². The molecular weight excluding hydrogens is 460 g/mol. The first kappa shape index (κ1) is 23.3. The maximum Gasteiger partial charge on any atom is 0.246 e. The zero-order chi connectivity index (χ0) is 24.7. The molecule has 182 valence electrons. The van der Waals surface area contributed by atoms with Gasteiger partial charge in [0.25, 0.3) is 0 Å². The van der Waals surface area contributed by atoms with E-state index in [1.807, 2.05) is 34.5 Å². The number of hydrogen-bond acceptors (Lipinski definition) is 7. The van der Waals surface area contributed by atoms with Gasteiger partial charge < -0.3 is 20.3 Å². The lowest BCUT2D eigenvalue weighted by molar-refractivity contribution is -0.125. The highest BCUT2D eigenvalue weighted by Crippen LogP contribution is 2.43. The number of anilines is 1. The molecule has 1 saturated heterocycles. The van der Waals surface area contributed by atoms with Gasteiger partial charge in [-0.2, -0.15) is 5.10 Å². The normalized spacial score (nSPS) is 16.4. The topological polar surface area (TPSA) is 89.0 Å². The summed E-state index contributed by atoms with van der Waals surface area (Å²) >= 11 is 1.68. The van der Waals surface area contributed by atoms with Crippen LogP contribution in [0.25, 0.3) is 26.0 Å². The first-order chi connectivity index (χ1) is 16.9. The number of nitrogen functional groups attached to an aromatic ring is 1. The minimum Gasteiger partial charge on any atom is -0.495 e. The summed E-state index contributed by atoms with van der Waals surface area (Å²) in [5, 5.41) is 5.70. The number of hydrogen-bond donors (Lipinski definition) is 1. The number of benzene rings is 1. The van der Waals surface area contributed by atoms with E-state index in [2.05, 4.69) is 41.3 Å². The second-order valence-corrected chi connectivity index (χ2v) is 10.4. The minimum absolute atomic E-state index is 0.0524. The number of aryl methyl sites for hydroxylation is 1. The largest absolute Gasteiger partial charge is 0.495 e.